The summed E-state index contributed by atoms with van der Waals surface area (Å²) in [6.07, 6.45) is 3.58. The Morgan fingerprint density at radius 3 is 2.72 bits per heavy atom. The van der Waals surface area contributed by atoms with Gasteiger partial charge in [-0.3, -0.25) is 9.89 Å². The molecule has 29 heavy (non-hydrogen) atoms. The summed E-state index contributed by atoms with van der Waals surface area (Å²) in [5, 5.41) is 15.9. The SMILES string of the molecule is CNC(=O)c1ccnc(Nc2cc([C@H]3CC[C@@H](OC(=O)NC(C)(C)C)C3)[nH]n2)c1. The van der Waals surface area contributed by atoms with Gasteiger partial charge in [0.2, 0.25) is 0 Å². The third-order valence-electron chi connectivity index (χ3n) is 4.68. The van der Waals surface area contributed by atoms with Gasteiger partial charge in [-0.25, -0.2) is 9.78 Å². The van der Waals surface area contributed by atoms with Crippen LogP contribution in [0, 0.1) is 0 Å². The third kappa shape index (κ3) is 5.69. The molecule has 2 aromatic heterocycles. The van der Waals surface area contributed by atoms with Gasteiger partial charge >= 0.3 is 6.09 Å². The Morgan fingerprint density at radius 2 is 2.00 bits per heavy atom. The van der Waals surface area contributed by atoms with Gasteiger partial charge in [0.25, 0.3) is 5.91 Å². The van der Waals surface area contributed by atoms with E-state index in [9.17, 15) is 9.59 Å². The first kappa shape index (κ1) is 20.6. The number of pyridine rings is 1. The Balaban J connectivity index is 1.57. The lowest BCUT2D eigenvalue weighted by molar-refractivity contribution is 0.0934. The zero-order valence-electron chi connectivity index (χ0n) is 17.2. The minimum Gasteiger partial charge on any atom is -0.446 e. The summed E-state index contributed by atoms with van der Waals surface area (Å²) in [5.41, 5.74) is 1.18. The minimum absolute atomic E-state index is 0.104. The molecular weight excluding hydrogens is 372 g/mol. The fraction of sp³-hybridized carbons (Fsp3) is 0.500. The largest absolute Gasteiger partial charge is 0.446 e. The Labute approximate surface area is 170 Å². The van der Waals surface area contributed by atoms with Crippen LogP contribution >= 0.6 is 0 Å². The molecule has 156 valence electrons. The number of aromatic amines is 1. The van der Waals surface area contributed by atoms with E-state index in [0.717, 1.165) is 25.0 Å². The molecule has 4 N–H and O–H groups in total. The number of anilines is 2. The highest BCUT2D eigenvalue weighted by molar-refractivity contribution is 5.94. The number of amides is 2. The quantitative estimate of drug-likeness (QED) is 0.612. The molecule has 0 saturated heterocycles. The van der Waals surface area contributed by atoms with Crippen LogP contribution in [0.15, 0.2) is 24.4 Å². The van der Waals surface area contributed by atoms with Gasteiger partial charge in [-0.15, -0.1) is 0 Å². The van der Waals surface area contributed by atoms with Crippen LogP contribution in [0.3, 0.4) is 0 Å². The molecule has 0 unspecified atom stereocenters. The molecule has 1 fully saturated rings. The fourth-order valence-corrected chi connectivity index (χ4v) is 3.34. The highest BCUT2D eigenvalue weighted by Crippen LogP contribution is 2.36. The van der Waals surface area contributed by atoms with Crippen molar-refractivity contribution in [1.29, 1.82) is 0 Å². The van der Waals surface area contributed by atoms with Crippen molar-refractivity contribution in [1.82, 2.24) is 25.8 Å². The summed E-state index contributed by atoms with van der Waals surface area (Å²) in [6, 6.07) is 5.24. The molecule has 1 saturated carbocycles. The molecule has 0 bridgehead atoms. The van der Waals surface area contributed by atoms with Crippen molar-refractivity contribution in [3.63, 3.8) is 0 Å². The van der Waals surface area contributed by atoms with Gasteiger partial charge in [-0.2, -0.15) is 5.10 Å². The topological polar surface area (TPSA) is 121 Å². The number of alkyl carbamates (subject to hydrolysis) is 1. The number of ether oxygens (including phenoxy) is 1. The molecule has 0 spiro atoms. The van der Waals surface area contributed by atoms with Crippen LogP contribution in [-0.4, -0.2) is 45.9 Å². The predicted octanol–water partition coefficient (Wildman–Crippen LogP) is 3.07. The summed E-state index contributed by atoms with van der Waals surface area (Å²) in [4.78, 5) is 27.9. The van der Waals surface area contributed by atoms with Crippen LogP contribution in [0.4, 0.5) is 16.4 Å². The van der Waals surface area contributed by atoms with E-state index >= 15 is 0 Å². The average Bonchev–Trinajstić information content (AvgIpc) is 3.29. The summed E-state index contributed by atoms with van der Waals surface area (Å²) in [7, 11) is 1.58. The van der Waals surface area contributed by atoms with Gasteiger partial charge in [-0.1, -0.05) is 0 Å². The molecule has 2 atom stereocenters. The van der Waals surface area contributed by atoms with Crippen LogP contribution in [0.25, 0.3) is 0 Å². The van der Waals surface area contributed by atoms with Crippen molar-refractivity contribution in [3.8, 4) is 0 Å². The highest BCUT2D eigenvalue weighted by Gasteiger charge is 2.30. The molecule has 0 aromatic carbocycles. The minimum atomic E-state index is -0.378. The van der Waals surface area contributed by atoms with Crippen LogP contribution in [-0.2, 0) is 4.74 Å². The number of hydrogen-bond acceptors (Lipinski definition) is 6. The zero-order valence-corrected chi connectivity index (χ0v) is 17.2. The van der Waals surface area contributed by atoms with Crippen molar-refractivity contribution in [2.24, 2.45) is 0 Å². The molecule has 1 aliphatic rings. The maximum absolute atomic E-state index is 12.0. The number of carbonyl (C=O) groups is 2. The standard InChI is InChI=1S/C20H28N6O3/c1-20(2,3)24-19(28)29-14-6-5-12(9-14)15-11-17(26-25-15)23-16-10-13(7-8-22-16)18(27)21-4/h7-8,10-12,14H,5-6,9H2,1-4H3,(H,21,27)(H,24,28)(H2,22,23,25,26)/t12-,14+/m0/s1. The van der Waals surface area contributed by atoms with Gasteiger partial charge in [-0.05, 0) is 52.2 Å². The van der Waals surface area contributed by atoms with Crippen LogP contribution in [0.2, 0.25) is 0 Å². The van der Waals surface area contributed by atoms with Crippen LogP contribution < -0.4 is 16.0 Å². The highest BCUT2D eigenvalue weighted by atomic mass is 16.6. The van der Waals surface area contributed by atoms with Crippen molar-refractivity contribution in [2.45, 2.75) is 57.6 Å². The summed E-state index contributed by atoms with van der Waals surface area (Å²) in [6.45, 7) is 5.76. The summed E-state index contributed by atoms with van der Waals surface area (Å²) >= 11 is 0. The fourth-order valence-electron chi connectivity index (χ4n) is 3.34. The Morgan fingerprint density at radius 1 is 1.21 bits per heavy atom. The summed E-state index contributed by atoms with van der Waals surface area (Å²) in [5.74, 6) is 1.23. The monoisotopic (exact) mass is 400 g/mol. The number of rotatable bonds is 5. The van der Waals surface area contributed by atoms with Crippen molar-refractivity contribution in [2.75, 3.05) is 12.4 Å². The van der Waals surface area contributed by atoms with E-state index in [0.29, 0.717) is 17.2 Å². The molecule has 9 heteroatoms. The molecule has 3 rings (SSSR count). The number of carbonyl (C=O) groups excluding carboxylic acids is 2. The first-order chi connectivity index (χ1) is 13.7. The van der Waals surface area contributed by atoms with E-state index in [-0.39, 0.29) is 29.6 Å². The molecule has 2 aromatic rings. The molecule has 0 aliphatic heterocycles. The number of nitrogens with zero attached hydrogens (tertiary/aromatic N) is 2. The second kappa shape index (κ2) is 8.50. The molecular formula is C20H28N6O3. The average molecular weight is 400 g/mol. The van der Waals surface area contributed by atoms with E-state index in [4.69, 9.17) is 4.74 Å². The molecule has 2 heterocycles. The number of hydrogen-bond donors (Lipinski definition) is 4. The number of H-pyrrole nitrogens is 1. The van der Waals surface area contributed by atoms with Crippen molar-refractivity contribution >= 4 is 23.6 Å². The first-order valence-corrected chi connectivity index (χ1v) is 9.73. The lowest BCUT2D eigenvalue weighted by Gasteiger charge is -2.22. The van der Waals surface area contributed by atoms with E-state index in [1.165, 1.54) is 0 Å². The maximum atomic E-state index is 12.0. The molecule has 1 aliphatic carbocycles. The van der Waals surface area contributed by atoms with Crippen LogP contribution in [0.5, 0.6) is 0 Å². The van der Waals surface area contributed by atoms with Gasteiger partial charge in [0.15, 0.2) is 5.82 Å². The lowest BCUT2D eigenvalue weighted by atomic mass is 10.0. The number of nitrogens with one attached hydrogen (secondary N) is 4. The van der Waals surface area contributed by atoms with Crippen molar-refractivity contribution in [3.05, 3.63) is 35.7 Å². The Bertz CT molecular complexity index is 873. The molecule has 2 amide bonds. The Kier molecular flexibility index (Phi) is 6.05. The smallest absolute Gasteiger partial charge is 0.407 e. The molecule has 0 radical (unpaired) electrons. The predicted molar refractivity (Wildman–Crippen MR) is 109 cm³/mol. The maximum Gasteiger partial charge on any atom is 0.407 e. The second-order valence-corrected chi connectivity index (χ2v) is 8.25. The number of aromatic nitrogens is 3. The second-order valence-electron chi connectivity index (χ2n) is 8.25. The molecule has 9 nitrogen and oxygen atoms in total. The van der Waals surface area contributed by atoms with E-state index in [2.05, 4.69) is 31.1 Å². The third-order valence-corrected chi connectivity index (χ3v) is 4.68. The van der Waals surface area contributed by atoms with Gasteiger partial charge in [0.1, 0.15) is 11.9 Å². The summed E-state index contributed by atoms with van der Waals surface area (Å²) < 4.78 is 5.54. The normalized spacial score (nSPS) is 18.9. The zero-order chi connectivity index (χ0) is 21.0. The van der Waals surface area contributed by atoms with Crippen molar-refractivity contribution < 1.29 is 14.3 Å². The van der Waals surface area contributed by atoms with E-state index in [1.54, 1.807) is 25.4 Å². The van der Waals surface area contributed by atoms with Crippen LogP contribution in [0.1, 0.15) is 62.0 Å². The van der Waals surface area contributed by atoms with Gasteiger partial charge in [0.05, 0.1) is 0 Å². The van der Waals surface area contributed by atoms with E-state index < -0.39 is 0 Å². The Hall–Kier alpha value is -3.10. The van der Waals surface area contributed by atoms with E-state index in [1.807, 2.05) is 26.8 Å². The first-order valence-electron chi connectivity index (χ1n) is 9.73. The lowest BCUT2D eigenvalue weighted by Crippen LogP contribution is -2.42. The van der Waals surface area contributed by atoms with Gasteiger partial charge < -0.3 is 20.7 Å². The van der Waals surface area contributed by atoms with Gasteiger partial charge in [0, 0.05) is 42.0 Å².